The number of anilines is 1. The smallest absolute Gasteiger partial charge is 0.266 e. The maximum atomic E-state index is 12.1. The molecule has 0 radical (unpaired) electrons. The summed E-state index contributed by atoms with van der Waals surface area (Å²) in [5.74, 6) is -0.504. The Balaban J connectivity index is 2.23. The second-order valence-corrected chi connectivity index (χ2v) is 6.06. The minimum absolute atomic E-state index is 0.0489. The summed E-state index contributed by atoms with van der Waals surface area (Å²) in [4.78, 5) is 12.1. The van der Waals surface area contributed by atoms with Crippen LogP contribution in [0.5, 0.6) is 0 Å². The van der Waals surface area contributed by atoms with Gasteiger partial charge in [0.15, 0.2) is 0 Å². The van der Waals surface area contributed by atoms with Crippen LogP contribution in [0.25, 0.3) is 6.08 Å². The summed E-state index contributed by atoms with van der Waals surface area (Å²) in [6.07, 6.45) is 1.42. The molecule has 0 aliphatic heterocycles. The van der Waals surface area contributed by atoms with Gasteiger partial charge in [0.1, 0.15) is 11.6 Å². The van der Waals surface area contributed by atoms with E-state index in [-0.39, 0.29) is 5.57 Å². The topological polar surface area (TPSA) is 52.9 Å². The van der Waals surface area contributed by atoms with E-state index in [1.165, 1.54) is 6.08 Å². The van der Waals surface area contributed by atoms with Gasteiger partial charge in [-0.15, -0.1) is 0 Å². The monoisotopic (exact) mass is 394 g/mol. The van der Waals surface area contributed by atoms with Crippen molar-refractivity contribution in [3.05, 3.63) is 68.1 Å². The highest BCUT2D eigenvalue weighted by Gasteiger charge is 2.10. The molecule has 0 heterocycles. The quantitative estimate of drug-likeness (QED) is 0.566. The van der Waals surface area contributed by atoms with E-state index in [1.54, 1.807) is 42.5 Å². The maximum absolute atomic E-state index is 12.1. The number of rotatable bonds is 3. The predicted molar refractivity (Wildman–Crippen MR) is 92.8 cm³/mol. The minimum atomic E-state index is -0.504. The van der Waals surface area contributed by atoms with E-state index in [0.717, 1.165) is 4.47 Å². The van der Waals surface area contributed by atoms with Crippen LogP contribution in [0.3, 0.4) is 0 Å². The summed E-state index contributed by atoms with van der Waals surface area (Å²) in [6, 6.07) is 13.8. The number of hydrogen-bond acceptors (Lipinski definition) is 2. The van der Waals surface area contributed by atoms with Gasteiger partial charge in [0.05, 0.1) is 0 Å². The summed E-state index contributed by atoms with van der Waals surface area (Å²) in [5, 5.41) is 12.7. The van der Waals surface area contributed by atoms with E-state index in [0.29, 0.717) is 21.3 Å². The standard InChI is InChI=1S/C16H9BrCl2N2O/c17-12-2-5-14(6-3-12)21-16(22)11(9-20)7-10-1-4-13(18)8-15(10)19/h1-8H,(H,21,22)/b11-7-. The number of nitrogens with zero attached hydrogens (tertiary/aromatic N) is 1. The number of halogens is 3. The number of carbonyl (C=O) groups excluding carboxylic acids is 1. The Bertz CT molecular complexity index is 780. The first kappa shape index (κ1) is 16.6. The van der Waals surface area contributed by atoms with Gasteiger partial charge in [-0.3, -0.25) is 4.79 Å². The molecular weight excluding hydrogens is 387 g/mol. The number of nitriles is 1. The lowest BCUT2D eigenvalue weighted by molar-refractivity contribution is -0.112. The molecule has 0 saturated carbocycles. The highest BCUT2D eigenvalue weighted by atomic mass is 79.9. The second-order valence-electron chi connectivity index (χ2n) is 4.30. The van der Waals surface area contributed by atoms with E-state index < -0.39 is 5.91 Å². The highest BCUT2D eigenvalue weighted by Crippen LogP contribution is 2.23. The van der Waals surface area contributed by atoms with Gasteiger partial charge in [-0.25, -0.2) is 0 Å². The molecule has 0 saturated heterocycles. The van der Waals surface area contributed by atoms with Crippen molar-refractivity contribution in [2.24, 2.45) is 0 Å². The van der Waals surface area contributed by atoms with Gasteiger partial charge < -0.3 is 5.32 Å². The fraction of sp³-hybridized carbons (Fsp3) is 0. The lowest BCUT2D eigenvalue weighted by Crippen LogP contribution is -2.13. The molecule has 1 amide bonds. The SMILES string of the molecule is N#C/C(=C/c1ccc(Cl)cc1Cl)C(=O)Nc1ccc(Br)cc1. The Labute approximate surface area is 146 Å². The fourth-order valence-electron chi connectivity index (χ4n) is 1.65. The molecule has 0 unspecified atom stereocenters. The van der Waals surface area contributed by atoms with Crippen molar-refractivity contribution in [1.29, 1.82) is 5.26 Å². The molecule has 0 atom stereocenters. The first-order valence-electron chi connectivity index (χ1n) is 6.13. The number of benzene rings is 2. The molecule has 2 aromatic carbocycles. The molecule has 2 rings (SSSR count). The molecule has 2 aromatic rings. The van der Waals surface area contributed by atoms with Crippen LogP contribution in [0.4, 0.5) is 5.69 Å². The molecule has 0 aliphatic carbocycles. The van der Waals surface area contributed by atoms with Gasteiger partial charge in [-0.1, -0.05) is 45.2 Å². The number of amides is 1. The molecule has 0 fully saturated rings. The Morgan fingerprint density at radius 3 is 2.45 bits per heavy atom. The van der Waals surface area contributed by atoms with Crippen LogP contribution in [-0.4, -0.2) is 5.91 Å². The zero-order chi connectivity index (χ0) is 16.1. The molecule has 0 bridgehead atoms. The van der Waals surface area contributed by atoms with Crippen LogP contribution in [0.2, 0.25) is 10.0 Å². The van der Waals surface area contributed by atoms with Crippen LogP contribution >= 0.6 is 39.1 Å². The van der Waals surface area contributed by atoms with Crippen molar-refractivity contribution in [2.75, 3.05) is 5.32 Å². The molecule has 22 heavy (non-hydrogen) atoms. The third-order valence-corrected chi connectivity index (χ3v) is 3.82. The summed E-state index contributed by atoms with van der Waals surface area (Å²) in [7, 11) is 0. The van der Waals surface area contributed by atoms with E-state index in [1.807, 2.05) is 6.07 Å². The second kappa shape index (κ2) is 7.46. The van der Waals surface area contributed by atoms with E-state index in [9.17, 15) is 4.79 Å². The van der Waals surface area contributed by atoms with Crippen LogP contribution in [0.1, 0.15) is 5.56 Å². The lowest BCUT2D eigenvalue weighted by Gasteiger charge is -2.05. The van der Waals surface area contributed by atoms with Crippen molar-refractivity contribution in [1.82, 2.24) is 0 Å². The van der Waals surface area contributed by atoms with Gasteiger partial charge in [-0.2, -0.15) is 5.26 Å². The number of carbonyl (C=O) groups is 1. The zero-order valence-corrected chi connectivity index (χ0v) is 14.2. The van der Waals surface area contributed by atoms with Crippen molar-refractivity contribution in [2.45, 2.75) is 0 Å². The Kier molecular flexibility index (Phi) is 5.62. The average molecular weight is 396 g/mol. The van der Waals surface area contributed by atoms with Crippen molar-refractivity contribution >= 4 is 56.8 Å². The third kappa shape index (κ3) is 4.35. The molecule has 3 nitrogen and oxygen atoms in total. The molecule has 6 heteroatoms. The summed E-state index contributed by atoms with van der Waals surface area (Å²) in [5.41, 5.74) is 1.09. The molecule has 1 N–H and O–H groups in total. The molecule has 0 spiro atoms. The Morgan fingerprint density at radius 2 is 1.86 bits per heavy atom. The number of hydrogen-bond donors (Lipinski definition) is 1. The van der Waals surface area contributed by atoms with Crippen LogP contribution < -0.4 is 5.32 Å². The van der Waals surface area contributed by atoms with Crippen molar-refractivity contribution in [3.63, 3.8) is 0 Å². The molecule has 110 valence electrons. The van der Waals surface area contributed by atoms with Crippen molar-refractivity contribution < 1.29 is 4.79 Å². The van der Waals surface area contributed by atoms with Gasteiger partial charge in [-0.05, 0) is 48.0 Å². The average Bonchev–Trinajstić information content (AvgIpc) is 2.49. The van der Waals surface area contributed by atoms with Crippen LogP contribution in [0, 0.1) is 11.3 Å². The van der Waals surface area contributed by atoms with Gasteiger partial charge in [0, 0.05) is 20.2 Å². The van der Waals surface area contributed by atoms with Gasteiger partial charge in [0.25, 0.3) is 5.91 Å². The molecule has 0 aromatic heterocycles. The largest absolute Gasteiger partial charge is 0.321 e. The van der Waals surface area contributed by atoms with Gasteiger partial charge >= 0.3 is 0 Å². The fourth-order valence-corrected chi connectivity index (χ4v) is 2.38. The molecular formula is C16H9BrCl2N2O. The Hall–Kier alpha value is -1.80. The zero-order valence-electron chi connectivity index (χ0n) is 11.1. The first-order valence-corrected chi connectivity index (χ1v) is 7.68. The summed E-state index contributed by atoms with van der Waals surface area (Å²) < 4.78 is 0.898. The Morgan fingerprint density at radius 1 is 1.18 bits per heavy atom. The van der Waals surface area contributed by atoms with Gasteiger partial charge in [0.2, 0.25) is 0 Å². The highest BCUT2D eigenvalue weighted by molar-refractivity contribution is 9.10. The summed E-state index contributed by atoms with van der Waals surface area (Å²) >= 11 is 15.2. The van der Waals surface area contributed by atoms with Crippen molar-refractivity contribution in [3.8, 4) is 6.07 Å². The first-order chi connectivity index (χ1) is 10.5. The van der Waals surface area contributed by atoms with E-state index in [2.05, 4.69) is 21.2 Å². The lowest BCUT2D eigenvalue weighted by atomic mass is 10.1. The summed E-state index contributed by atoms with van der Waals surface area (Å²) in [6.45, 7) is 0. The predicted octanol–water partition coefficient (Wildman–Crippen LogP) is 5.30. The maximum Gasteiger partial charge on any atom is 0.266 e. The number of nitrogens with one attached hydrogen (secondary N) is 1. The van der Waals surface area contributed by atoms with E-state index >= 15 is 0 Å². The van der Waals surface area contributed by atoms with Crippen LogP contribution in [-0.2, 0) is 4.79 Å². The normalized spacial score (nSPS) is 10.9. The minimum Gasteiger partial charge on any atom is -0.321 e. The molecule has 0 aliphatic rings. The van der Waals surface area contributed by atoms with E-state index in [4.69, 9.17) is 28.5 Å². The third-order valence-electron chi connectivity index (χ3n) is 2.73. The van der Waals surface area contributed by atoms with Crippen LogP contribution in [0.15, 0.2) is 52.5 Å².